The van der Waals surface area contributed by atoms with E-state index >= 15 is 0 Å². The lowest BCUT2D eigenvalue weighted by Gasteiger charge is -2.17. The summed E-state index contributed by atoms with van der Waals surface area (Å²) in [6, 6.07) is 0. The van der Waals surface area contributed by atoms with Gasteiger partial charge in [-0.25, -0.2) is 4.98 Å². The molecular formula is C21H30N4O2S2. The molecule has 1 atom stereocenters. The van der Waals surface area contributed by atoms with E-state index in [1.807, 2.05) is 18.7 Å². The van der Waals surface area contributed by atoms with Gasteiger partial charge in [-0.2, -0.15) is 0 Å². The lowest BCUT2D eigenvalue weighted by molar-refractivity contribution is -0.120. The van der Waals surface area contributed by atoms with Crippen LogP contribution in [0.15, 0.2) is 9.95 Å². The highest BCUT2D eigenvalue weighted by Gasteiger charge is 2.27. The van der Waals surface area contributed by atoms with Crippen molar-refractivity contribution in [3.8, 4) is 0 Å². The number of rotatable bonds is 6. The van der Waals surface area contributed by atoms with E-state index in [9.17, 15) is 9.59 Å². The smallest absolute Gasteiger partial charge is 0.263 e. The van der Waals surface area contributed by atoms with Gasteiger partial charge < -0.3 is 10.2 Å². The fourth-order valence-corrected chi connectivity index (χ4v) is 6.69. The minimum Gasteiger partial charge on any atom is -0.355 e. The van der Waals surface area contributed by atoms with Gasteiger partial charge in [-0.15, -0.1) is 11.3 Å². The molecule has 0 radical (unpaired) electrons. The molecule has 2 aromatic heterocycles. The maximum atomic E-state index is 13.6. The van der Waals surface area contributed by atoms with Crippen molar-refractivity contribution in [3.63, 3.8) is 0 Å². The quantitative estimate of drug-likeness (QED) is 0.708. The van der Waals surface area contributed by atoms with Gasteiger partial charge in [0.05, 0.1) is 10.6 Å². The zero-order chi connectivity index (χ0) is 20.4. The first-order valence-electron chi connectivity index (χ1n) is 10.7. The lowest BCUT2D eigenvalue weighted by Crippen LogP contribution is -2.32. The van der Waals surface area contributed by atoms with Crippen LogP contribution >= 0.6 is 23.1 Å². The van der Waals surface area contributed by atoms with Crippen molar-refractivity contribution in [2.24, 2.45) is 0 Å². The molecule has 8 heteroatoms. The summed E-state index contributed by atoms with van der Waals surface area (Å²) in [5, 5.41) is 4.38. The third-order valence-electron chi connectivity index (χ3n) is 5.76. The summed E-state index contributed by atoms with van der Waals surface area (Å²) in [5.74, 6) is 0.0761. The summed E-state index contributed by atoms with van der Waals surface area (Å²) in [5.41, 5.74) is 1.32. The highest BCUT2D eigenvalue weighted by Crippen LogP contribution is 2.35. The number of hydrogen-bond donors (Lipinski definition) is 1. The molecule has 4 rings (SSSR count). The molecule has 1 unspecified atom stereocenters. The van der Waals surface area contributed by atoms with Crippen LogP contribution < -0.4 is 10.9 Å². The molecule has 1 aliphatic heterocycles. The van der Waals surface area contributed by atoms with E-state index in [0.29, 0.717) is 11.7 Å². The molecule has 6 nitrogen and oxygen atoms in total. The normalized spacial score (nSPS) is 20.0. The molecule has 1 amide bonds. The number of nitrogens with zero attached hydrogens (tertiary/aromatic N) is 3. The lowest BCUT2D eigenvalue weighted by atomic mass is 9.97. The standard InChI is InChI=1S/C21H30N4O2S2/c1-24(2)12-7-13-25-20(27)17-14-8-3-4-9-15(14)28-19(17)23-21(25)29-16-10-5-6-11-22-18(16)26/h16H,3-13H2,1-2H3,(H,22,26). The van der Waals surface area contributed by atoms with Crippen LogP contribution in [0.25, 0.3) is 10.2 Å². The Morgan fingerprint density at radius 3 is 2.86 bits per heavy atom. The van der Waals surface area contributed by atoms with Gasteiger partial charge in [-0.1, -0.05) is 18.2 Å². The SMILES string of the molecule is CN(C)CCCn1c(SC2CCCCNC2=O)nc2sc3c(c2c1=O)CCCC3. The molecule has 1 aliphatic carbocycles. The molecule has 1 N–H and O–H groups in total. The topological polar surface area (TPSA) is 67.2 Å². The van der Waals surface area contributed by atoms with E-state index in [4.69, 9.17) is 4.98 Å². The Kier molecular flexibility index (Phi) is 6.61. The molecule has 0 bridgehead atoms. The number of hydrogen-bond acceptors (Lipinski definition) is 6. The van der Waals surface area contributed by atoms with Crippen LogP contribution in [0.5, 0.6) is 0 Å². The maximum Gasteiger partial charge on any atom is 0.263 e. The van der Waals surface area contributed by atoms with Crippen LogP contribution in [0.3, 0.4) is 0 Å². The van der Waals surface area contributed by atoms with Crippen molar-refractivity contribution < 1.29 is 4.79 Å². The van der Waals surface area contributed by atoms with Gasteiger partial charge in [0.25, 0.3) is 5.56 Å². The fourth-order valence-electron chi connectivity index (χ4n) is 4.20. The largest absolute Gasteiger partial charge is 0.355 e. The number of nitrogens with one attached hydrogen (secondary N) is 1. The Bertz CT molecular complexity index is 950. The number of thiophene rings is 1. The fraction of sp³-hybridized carbons (Fsp3) is 0.667. The molecule has 0 spiro atoms. The van der Waals surface area contributed by atoms with E-state index in [1.54, 1.807) is 11.3 Å². The average Bonchev–Trinajstić information content (AvgIpc) is 2.94. The molecular weight excluding hydrogens is 404 g/mol. The van der Waals surface area contributed by atoms with Gasteiger partial charge >= 0.3 is 0 Å². The second-order valence-corrected chi connectivity index (χ2v) is 10.5. The van der Waals surface area contributed by atoms with Gasteiger partial charge in [-0.05, 0) is 71.1 Å². The zero-order valence-corrected chi connectivity index (χ0v) is 19.0. The monoisotopic (exact) mass is 434 g/mol. The van der Waals surface area contributed by atoms with Crippen molar-refractivity contribution in [2.75, 3.05) is 27.2 Å². The third kappa shape index (κ3) is 4.54. The van der Waals surface area contributed by atoms with Gasteiger partial charge in [0.15, 0.2) is 5.16 Å². The van der Waals surface area contributed by atoms with Crippen molar-refractivity contribution in [1.29, 1.82) is 0 Å². The molecule has 2 aliphatic rings. The predicted molar refractivity (Wildman–Crippen MR) is 120 cm³/mol. The molecule has 1 saturated heterocycles. The Labute approximate surface area is 180 Å². The molecule has 158 valence electrons. The van der Waals surface area contributed by atoms with Crippen LogP contribution in [0.2, 0.25) is 0 Å². The van der Waals surface area contributed by atoms with E-state index in [-0.39, 0.29) is 16.7 Å². The predicted octanol–water partition coefficient (Wildman–Crippen LogP) is 3.05. The minimum atomic E-state index is -0.170. The molecule has 0 aromatic carbocycles. The Hall–Kier alpha value is -1.38. The van der Waals surface area contributed by atoms with Crippen LogP contribution in [-0.2, 0) is 24.2 Å². The highest BCUT2D eigenvalue weighted by molar-refractivity contribution is 8.00. The number of fused-ring (bicyclic) bond motifs is 3. The van der Waals surface area contributed by atoms with E-state index < -0.39 is 0 Å². The number of carbonyl (C=O) groups excluding carboxylic acids is 1. The molecule has 2 aromatic rings. The minimum absolute atomic E-state index is 0.0761. The van der Waals surface area contributed by atoms with Crippen molar-refractivity contribution in [3.05, 3.63) is 20.8 Å². The number of aromatic nitrogens is 2. The molecule has 29 heavy (non-hydrogen) atoms. The summed E-state index contributed by atoms with van der Waals surface area (Å²) in [6.45, 7) is 2.30. The summed E-state index contributed by atoms with van der Waals surface area (Å²) >= 11 is 3.17. The van der Waals surface area contributed by atoms with Gasteiger partial charge in [0.2, 0.25) is 5.91 Å². The second-order valence-electron chi connectivity index (χ2n) is 8.29. The van der Waals surface area contributed by atoms with Crippen molar-refractivity contribution >= 4 is 39.2 Å². The van der Waals surface area contributed by atoms with Crippen molar-refractivity contribution in [2.45, 2.75) is 68.3 Å². The van der Waals surface area contributed by atoms with Gasteiger partial charge in [0, 0.05) is 18.0 Å². The Balaban J connectivity index is 1.74. The van der Waals surface area contributed by atoms with Crippen LogP contribution in [0.4, 0.5) is 0 Å². The van der Waals surface area contributed by atoms with Gasteiger partial charge in [0.1, 0.15) is 4.83 Å². The Morgan fingerprint density at radius 1 is 1.21 bits per heavy atom. The van der Waals surface area contributed by atoms with Gasteiger partial charge in [-0.3, -0.25) is 14.2 Å². The summed E-state index contributed by atoms with van der Waals surface area (Å²) in [6.07, 6.45) is 8.16. The van der Waals surface area contributed by atoms with Crippen LogP contribution in [0, 0.1) is 0 Å². The maximum absolute atomic E-state index is 13.6. The first kappa shape index (κ1) is 20.9. The first-order valence-corrected chi connectivity index (χ1v) is 12.4. The van der Waals surface area contributed by atoms with E-state index in [0.717, 1.165) is 68.3 Å². The summed E-state index contributed by atoms with van der Waals surface area (Å²) in [4.78, 5) is 35.3. The summed E-state index contributed by atoms with van der Waals surface area (Å²) < 4.78 is 1.84. The van der Waals surface area contributed by atoms with E-state index in [2.05, 4.69) is 10.2 Å². The first-order chi connectivity index (χ1) is 14.0. The Morgan fingerprint density at radius 2 is 2.03 bits per heavy atom. The number of aryl methyl sites for hydroxylation is 2. The third-order valence-corrected chi connectivity index (χ3v) is 8.20. The zero-order valence-electron chi connectivity index (χ0n) is 17.3. The summed E-state index contributed by atoms with van der Waals surface area (Å²) in [7, 11) is 4.09. The molecule has 1 fully saturated rings. The van der Waals surface area contributed by atoms with Crippen LogP contribution in [0.1, 0.15) is 49.0 Å². The number of thioether (sulfide) groups is 1. The number of amides is 1. The van der Waals surface area contributed by atoms with E-state index in [1.165, 1.54) is 28.6 Å². The second kappa shape index (κ2) is 9.18. The molecule has 0 saturated carbocycles. The highest BCUT2D eigenvalue weighted by atomic mass is 32.2. The van der Waals surface area contributed by atoms with Crippen molar-refractivity contribution in [1.82, 2.24) is 19.8 Å². The molecule has 3 heterocycles. The number of carbonyl (C=O) groups is 1. The average molecular weight is 435 g/mol. The van der Waals surface area contributed by atoms with Crippen LogP contribution in [-0.4, -0.2) is 52.8 Å².